The second-order valence-electron chi connectivity index (χ2n) is 8.92. The van der Waals surface area contributed by atoms with Gasteiger partial charge in [-0.3, -0.25) is 0 Å². The van der Waals surface area contributed by atoms with Crippen LogP contribution in [0.15, 0.2) is 54.6 Å². The lowest BCUT2D eigenvalue weighted by atomic mass is 9.86. The van der Waals surface area contributed by atoms with Crippen LogP contribution in [0.3, 0.4) is 0 Å². The molecule has 4 nitrogen and oxygen atoms in total. The highest BCUT2D eigenvalue weighted by Crippen LogP contribution is 2.30. The molecule has 0 unspecified atom stereocenters. The first-order valence-electron chi connectivity index (χ1n) is 11.2. The summed E-state index contributed by atoms with van der Waals surface area (Å²) >= 11 is 0. The number of pyridine rings is 1. The van der Waals surface area contributed by atoms with Crippen molar-refractivity contribution in [2.45, 2.75) is 45.2 Å². The number of nitrogens with one attached hydrogen (secondary N) is 2. The van der Waals surface area contributed by atoms with Crippen LogP contribution in [0.2, 0.25) is 0 Å². The number of aryl methyl sites for hydroxylation is 1. The average molecular weight is 403 g/mol. The Balaban J connectivity index is 1.29. The number of para-hydroxylation sites is 1. The predicted octanol–water partition coefficient (Wildman–Crippen LogP) is 5.37. The molecule has 1 heterocycles. The van der Waals surface area contributed by atoms with Crippen LogP contribution in [-0.2, 0) is 6.54 Å². The molecule has 0 spiro atoms. The fourth-order valence-corrected chi connectivity index (χ4v) is 4.56. The minimum atomic E-state index is 0.515. The molecule has 4 heteroatoms. The van der Waals surface area contributed by atoms with E-state index in [1.807, 2.05) is 0 Å². The molecule has 158 valence electrons. The molecule has 4 rings (SSSR count). The highest BCUT2D eigenvalue weighted by molar-refractivity contribution is 5.93. The van der Waals surface area contributed by atoms with Crippen molar-refractivity contribution in [1.29, 1.82) is 0 Å². The van der Waals surface area contributed by atoms with Gasteiger partial charge in [0.1, 0.15) is 5.82 Å². The summed E-state index contributed by atoms with van der Waals surface area (Å²) in [6, 6.07) is 19.9. The molecule has 1 aromatic heterocycles. The standard InChI is InChI=1S/C26H34N4/c1-19-7-6-8-21(15-19)18-27-17-20-11-13-22(14-12-20)28-26-16-25(30(2)3)23-9-4-5-10-24(23)29-26/h4-10,15-16,20,22,27H,11-14,17-18H2,1-3H3,(H,28,29). The Bertz CT molecular complexity index is 974. The molecule has 0 aliphatic heterocycles. The molecule has 1 saturated carbocycles. The van der Waals surface area contributed by atoms with E-state index in [9.17, 15) is 0 Å². The minimum absolute atomic E-state index is 0.515. The first-order chi connectivity index (χ1) is 14.6. The van der Waals surface area contributed by atoms with E-state index in [-0.39, 0.29) is 0 Å². The summed E-state index contributed by atoms with van der Waals surface area (Å²) < 4.78 is 0. The maximum absolute atomic E-state index is 4.87. The largest absolute Gasteiger partial charge is 0.377 e. The second kappa shape index (κ2) is 9.48. The van der Waals surface area contributed by atoms with E-state index in [2.05, 4.69) is 91.1 Å². The maximum atomic E-state index is 4.87. The number of nitrogens with zero attached hydrogens (tertiary/aromatic N) is 2. The van der Waals surface area contributed by atoms with Crippen molar-refractivity contribution in [2.24, 2.45) is 5.92 Å². The fourth-order valence-electron chi connectivity index (χ4n) is 4.56. The van der Waals surface area contributed by atoms with E-state index in [4.69, 9.17) is 4.98 Å². The molecule has 3 aromatic rings. The van der Waals surface area contributed by atoms with Crippen LogP contribution in [0.5, 0.6) is 0 Å². The van der Waals surface area contributed by atoms with Crippen molar-refractivity contribution < 1.29 is 0 Å². The molecule has 0 amide bonds. The number of hydrogen-bond donors (Lipinski definition) is 2. The van der Waals surface area contributed by atoms with Gasteiger partial charge in [-0.25, -0.2) is 4.98 Å². The molecule has 2 N–H and O–H groups in total. The molecule has 2 aromatic carbocycles. The van der Waals surface area contributed by atoms with E-state index in [0.717, 1.165) is 30.3 Å². The Labute approximate surface area is 180 Å². The van der Waals surface area contributed by atoms with Gasteiger partial charge in [0, 0.05) is 43.8 Å². The zero-order chi connectivity index (χ0) is 20.9. The van der Waals surface area contributed by atoms with Gasteiger partial charge in [-0.1, -0.05) is 48.0 Å². The molecule has 0 saturated heterocycles. The van der Waals surface area contributed by atoms with Gasteiger partial charge in [0.2, 0.25) is 0 Å². The van der Waals surface area contributed by atoms with Gasteiger partial charge >= 0.3 is 0 Å². The van der Waals surface area contributed by atoms with Gasteiger partial charge in [0.15, 0.2) is 0 Å². The van der Waals surface area contributed by atoms with E-state index >= 15 is 0 Å². The second-order valence-corrected chi connectivity index (χ2v) is 8.92. The zero-order valence-corrected chi connectivity index (χ0v) is 18.5. The summed E-state index contributed by atoms with van der Waals surface area (Å²) in [4.78, 5) is 7.04. The normalized spacial score (nSPS) is 19.0. The molecular weight excluding hydrogens is 368 g/mol. The lowest BCUT2D eigenvalue weighted by Gasteiger charge is -2.30. The molecule has 0 atom stereocenters. The van der Waals surface area contributed by atoms with Crippen LogP contribution in [0, 0.1) is 12.8 Å². The number of anilines is 2. The lowest BCUT2D eigenvalue weighted by molar-refractivity contribution is 0.324. The summed E-state index contributed by atoms with van der Waals surface area (Å²) in [5, 5.41) is 8.59. The summed E-state index contributed by atoms with van der Waals surface area (Å²) in [6.45, 7) is 4.23. The third kappa shape index (κ3) is 5.11. The summed E-state index contributed by atoms with van der Waals surface area (Å²) in [7, 11) is 4.20. The van der Waals surface area contributed by atoms with Crippen molar-refractivity contribution in [1.82, 2.24) is 10.3 Å². The van der Waals surface area contributed by atoms with Gasteiger partial charge in [-0.05, 0) is 56.7 Å². The third-order valence-electron chi connectivity index (χ3n) is 6.22. The molecule has 0 bridgehead atoms. The Hall–Kier alpha value is -2.59. The lowest BCUT2D eigenvalue weighted by Crippen LogP contribution is -2.31. The van der Waals surface area contributed by atoms with Crippen molar-refractivity contribution in [3.05, 3.63) is 65.7 Å². The quantitative estimate of drug-likeness (QED) is 0.557. The monoisotopic (exact) mass is 402 g/mol. The van der Waals surface area contributed by atoms with Crippen LogP contribution >= 0.6 is 0 Å². The Morgan fingerprint density at radius 2 is 1.77 bits per heavy atom. The Kier molecular flexibility index (Phi) is 6.53. The Morgan fingerprint density at radius 3 is 2.53 bits per heavy atom. The van der Waals surface area contributed by atoms with Gasteiger partial charge in [0.05, 0.1) is 5.52 Å². The van der Waals surface area contributed by atoms with Crippen LogP contribution < -0.4 is 15.5 Å². The third-order valence-corrected chi connectivity index (χ3v) is 6.22. The van der Waals surface area contributed by atoms with Crippen LogP contribution in [0.25, 0.3) is 10.9 Å². The van der Waals surface area contributed by atoms with E-state index < -0.39 is 0 Å². The van der Waals surface area contributed by atoms with Gasteiger partial charge in [-0.2, -0.15) is 0 Å². The van der Waals surface area contributed by atoms with Crippen molar-refractivity contribution in [3.8, 4) is 0 Å². The van der Waals surface area contributed by atoms with Gasteiger partial charge < -0.3 is 15.5 Å². The van der Waals surface area contributed by atoms with Gasteiger partial charge in [0.25, 0.3) is 0 Å². The van der Waals surface area contributed by atoms with Crippen molar-refractivity contribution >= 4 is 22.4 Å². The molecular formula is C26H34N4. The highest BCUT2D eigenvalue weighted by Gasteiger charge is 2.21. The molecule has 1 aliphatic carbocycles. The SMILES string of the molecule is Cc1cccc(CNCC2CCC(Nc3cc(N(C)C)c4ccccc4n3)CC2)c1. The summed E-state index contributed by atoms with van der Waals surface area (Å²) in [5.74, 6) is 1.77. The van der Waals surface area contributed by atoms with E-state index in [1.54, 1.807) is 0 Å². The first-order valence-corrected chi connectivity index (χ1v) is 11.2. The fraction of sp³-hybridized carbons (Fsp3) is 0.423. The molecule has 1 aliphatic rings. The Morgan fingerprint density at radius 1 is 0.967 bits per heavy atom. The maximum Gasteiger partial charge on any atom is 0.128 e. The van der Waals surface area contributed by atoms with Crippen LogP contribution in [0.4, 0.5) is 11.5 Å². The van der Waals surface area contributed by atoms with Gasteiger partial charge in [-0.15, -0.1) is 0 Å². The number of fused-ring (bicyclic) bond motifs is 1. The topological polar surface area (TPSA) is 40.2 Å². The minimum Gasteiger partial charge on any atom is -0.377 e. The highest BCUT2D eigenvalue weighted by atomic mass is 15.1. The van der Waals surface area contributed by atoms with E-state index in [0.29, 0.717) is 6.04 Å². The number of hydrogen-bond acceptors (Lipinski definition) is 4. The molecule has 1 fully saturated rings. The first kappa shape index (κ1) is 20.7. The summed E-state index contributed by atoms with van der Waals surface area (Å²) in [6.07, 6.45) is 4.96. The molecule has 30 heavy (non-hydrogen) atoms. The predicted molar refractivity (Wildman–Crippen MR) is 128 cm³/mol. The average Bonchev–Trinajstić information content (AvgIpc) is 2.74. The number of benzene rings is 2. The number of rotatable bonds is 7. The van der Waals surface area contributed by atoms with Crippen LogP contribution in [-0.4, -0.2) is 31.7 Å². The van der Waals surface area contributed by atoms with Crippen molar-refractivity contribution in [2.75, 3.05) is 30.9 Å². The molecule has 0 radical (unpaired) electrons. The summed E-state index contributed by atoms with van der Waals surface area (Å²) in [5.41, 5.74) is 4.99. The van der Waals surface area contributed by atoms with Crippen molar-refractivity contribution in [3.63, 3.8) is 0 Å². The van der Waals surface area contributed by atoms with E-state index in [1.165, 1.54) is 47.9 Å². The number of aromatic nitrogens is 1. The van der Waals surface area contributed by atoms with Crippen LogP contribution in [0.1, 0.15) is 36.8 Å². The smallest absolute Gasteiger partial charge is 0.128 e. The zero-order valence-electron chi connectivity index (χ0n) is 18.5.